The average Bonchev–Trinajstić information content (AvgIpc) is 3.05. The monoisotopic (exact) mass is 323 g/mol. The zero-order valence-corrected chi connectivity index (χ0v) is 12.7. The first kappa shape index (κ1) is 15.3. The number of pyridine rings is 1. The van der Waals surface area contributed by atoms with Crippen molar-refractivity contribution in [3.63, 3.8) is 0 Å². The molecule has 0 atom stereocenters. The topological polar surface area (TPSA) is 110 Å². The van der Waals surface area contributed by atoms with Gasteiger partial charge in [0.25, 0.3) is 5.91 Å². The maximum Gasteiger partial charge on any atom is 0.354 e. The van der Waals surface area contributed by atoms with Crippen molar-refractivity contribution in [3.8, 4) is 5.69 Å². The zero-order valence-electron chi connectivity index (χ0n) is 12.7. The molecule has 0 spiro atoms. The number of anilines is 1. The number of carboxylic acids is 1. The maximum absolute atomic E-state index is 12.2. The van der Waals surface area contributed by atoms with E-state index in [0.29, 0.717) is 5.69 Å². The van der Waals surface area contributed by atoms with Crippen molar-refractivity contribution < 1.29 is 14.7 Å². The molecule has 0 saturated heterocycles. The molecule has 2 N–H and O–H groups in total. The minimum absolute atomic E-state index is 0.116. The summed E-state index contributed by atoms with van der Waals surface area (Å²) in [4.78, 5) is 28.2. The van der Waals surface area contributed by atoms with Gasteiger partial charge in [0.2, 0.25) is 0 Å². The highest BCUT2D eigenvalue weighted by atomic mass is 16.4. The van der Waals surface area contributed by atoms with Gasteiger partial charge in [-0.25, -0.2) is 9.78 Å². The van der Waals surface area contributed by atoms with Crippen LogP contribution >= 0.6 is 0 Å². The number of aromatic nitrogens is 4. The maximum atomic E-state index is 12.2. The molecule has 0 aliphatic carbocycles. The molecule has 0 aliphatic rings. The Balaban J connectivity index is 1.79. The van der Waals surface area contributed by atoms with Crippen molar-refractivity contribution in [3.05, 3.63) is 65.7 Å². The summed E-state index contributed by atoms with van der Waals surface area (Å²) in [6.45, 7) is 1.95. The molecule has 3 aromatic rings. The standard InChI is InChI=1S/C16H13N5O3/c1-10-3-2-4-12(7-10)21-18-9-14(20-21)15(22)19-11-5-6-17-13(8-11)16(23)24/h2-9H,1H3,(H,23,24)(H,17,19,22). The summed E-state index contributed by atoms with van der Waals surface area (Å²) >= 11 is 0. The second-order valence-corrected chi connectivity index (χ2v) is 5.05. The molecule has 24 heavy (non-hydrogen) atoms. The zero-order chi connectivity index (χ0) is 17.1. The number of carbonyl (C=O) groups excluding carboxylic acids is 1. The van der Waals surface area contributed by atoms with Gasteiger partial charge >= 0.3 is 5.97 Å². The van der Waals surface area contributed by atoms with E-state index in [1.807, 2.05) is 31.2 Å². The number of benzene rings is 1. The lowest BCUT2D eigenvalue weighted by molar-refractivity contribution is 0.0690. The van der Waals surface area contributed by atoms with Crippen LogP contribution in [0.25, 0.3) is 5.69 Å². The van der Waals surface area contributed by atoms with E-state index in [2.05, 4.69) is 20.5 Å². The summed E-state index contributed by atoms with van der Waals surface area (Å²) in [6, 6.07) is 10.3. The molecule has 0 unspecified atom stereocenters. The van der Waals surface area contributed by atoms with E-state index in [1.165, 1.54) is 29.3 Å². The number of amides is 1. The summed E-state index contributed by atoms with van der Waals surface area (Å²) in [5, 5.41) is 19.7. The van der Waals surface area contributed by atoms with Crippen LogP contribution in [-0.4, -0.2) is 37.0 Å². The Hall–Kier alpha value is -3.55. The second-order valence-electron chi connectivity index (χ2n) is 5.05. The summed E-state index contributed by atoms with van der Waals surface area (Å²) in [7, 11) is 0. The third-order valence-corrected chi connectivity index (χ3v) is 3.19. The van der Waals surface area contributed by atoms with Crippen molar-refractivity contribution in [2.24, 2.45) is 0 Å². The number of rotatable bonds is 4. The van der Waals surface area contributed by atoms with Crippen molar-refractivity contribution in [2.75, 3.05) is 5.32 Å². The lowest BCUT2D eigenvalue weighted by Gasteiger charge is -2.03. The highest BCUT2D eigenvalue weighted by molar-refractivity contribution is 6.03. The van der Waals surface area contributed by atoms with Crippen LogP contribution in [0, 0.1) is 6.92 Å². The molecule has 2 aromatic heterocycles. The third-order valence-electron chi connectivity index (χ3n) is 3.19. The van der Waals surface area contributed by atoms with Gasteiger partial charge in [0.05, 0.1) is 11.9 Å². The number of aryl methyl sites for hydroxylation is 1. The number of carboxylic acid groups (broad SMARTS) is 1. The minimum Gasteiger partial charge on any atom is -0.477 e. The number of carbonyl (C=O) groups is 2. The van der Waals surface area contributed by atoms with E-state index < -0.39 is 11.9 Å². The summed E-state index contributed by atoms with van der Waals surface area (Å²) in [5.41, 5.74) is 2.07. The molecule has 2 heterocycles. The van der Waals surface area contributed by atoms with Crippen LogP contribution in [-0.2, 0) is 0 Å². The summed E-state index contributed by atoms with van der Waals surface area (Å²) < 4.78 is 0. The summed E-state index contributed by atoms with van der Waals surface area (Å²) in [6.07, 6.45) is 2.65. The Kier molecular flexibility index (Phi) is 4.02. The van der Waals surface area contributed by atoms with Crippen LogP contribution in [0.3, 0.4) is 0 Å². The van der Waals surface area contributed by atoms with Crippen LogP contribution in [0.1, 0.15) is 26.5 Å². The second kappa shape index (κ2) is 6.29. The van der Waals surface area contributed by atoms with Gasteiger partial charge in [-0.1, -0.05) is 12.1 Å². The molecule has 0 aliphatic heterocycles. The molecule has 0 saturated carbocycles. The predicted molar refractivity (Wildman–Crippen MR) is 85.2 cm³/mol. The average molecular weight is 323 g/mol. The van der Waals surface area contributed by atoms with Crippen molar-refractivity contribution in [2.45, 2.75) is 6.92 Å². The highest BCUT2D eigenvalue weighted by Crippen LogP contribution is 2.11. The van der Waals surface area contributed by atoms with Gasteiger partial charge in [-0.3, -0.25) is 4.79 Å². The molecule has 0 fully saturated rings. The molecule has 0 bridgehead atoms. The van der Waals surface area contributed by atoms with Crippen molar-refractivity contribution in [1.29, 1.82) is 0 Å². The Morgan fingerprint density at radius 2 is 2.00 bits per heavy atom. The van der Waals surface area contributed by atoms with Gasteiger partial charge in [0, 0.05) is 11.9 Å². The molecular weight excluding hydrogens is 310 g/mol. The Bertz CT molecular complexity index is 919. The Labute approximate surface area is 136 Å². The lowest BCUT2D eigenvalue weighted by Crippen LogP contribution is -2.14. The fraction of sp³-hybridized carbons (Fsp3) is 0.0625. The van der Waals surface area contributed by atoms with Crippen LogP contribution < -0.4 is 5.32 Å². The van der Waals surface area contributed by atoms with Crippen LogP contribution in [0.2, 0.25) is 0 Å². The largest absolute Gasteiger partial charge is 0.477 e. The molecule has 1 aromatic carbocycles. The van der Waals surface area contributed by atoms with Gasteiger partial charge in [0.1, 0.15) is 5.69 Å². The lowest BCUT2D eigenvalue weighted by atomic mass is 10.2. The molecule has 8 nitrogen and oxygen atoms in total. The van der Waals surface area contributed by atoms with Gasteiger partial charge < -0.3 is 10.4 Å². The van der Waals surface area contributed by atoms with Gasteiger partial charge in [-0.2, -0.15) is 9.90 Å². The first-order chi connectivity index (χ1) is 11.5. The number of aromatic carboxylic acids is 1. The number of nitrogens with one attached hydrogen (secondary N) is 1. The fourth-order valence-corrected chi connectivity index (χ4v) is 2.06. The van der Waals surface area contributed by atoms with Crippen LogP contribution in [0.4, 0.5) is 5.69 Å². The van der Waals surface area contributed by atoms with Crippen molar-refractivity contribution in [1.82, 2.24) is 20.0 Å². The molecule has 1 amide bonds. The Morgan fingerprint density at radius 3 is 2.75 bits per heavy atom. The van der Waals surface area contributed by atoms with Gasteiger partial charge in [0.15, 0.2) is 5.69 Å². The quantitative estimate of drug-likeness (QED) is 0.759. The Morgan fingerprint density at radius 1 is 1.17 bits per heavy atom. The molecular formula is C16H13N5O3. The van der Waals surface area contributed by atoms with E-state index in [1.54, 1.807) is 0 Å². The van der Waals surface area contributed by atoms with E-state index in [0.717, 1.165) is 11.3 Å². The van der Waals surface area contributed by atoms with Crippen molar-refractivity contribution >= 4 is 17.6 Å². The molecule has 120 valence electrons. The predicted octanol–water partition coefficient (Wildman–Crippen LogP) is 1.92. The smallest absolute Gasteiger partial charge is 0.354 e. The van der Waals surface area contributed by atoms with E-state index >= 15 is 0 Å². The van der Waals surface area contributed by atoms with Crippen LogP contribution in [0.15, 0.2) is 48.8 Å². The number of hydrogen-bond donors (Lipinski definition) is 2. The van der Waals surface area contributed by atoms with E-state index in [9.17, 15) is 9.59 Å². The van der Waals surface area contributed by atoms with Gasteiger partial charge in [-0.15, -0.1) is 5.10 Å². The first-order valence-electron chi connectivity index (χ1n) is 7.03. The van der Waals surface area contributed by atoms with Gasteiger partial charge in [-0.05, 0) is 36.8 Å². The fourth-order valence-electron chi connectivity index (χ4n) is 2.06. The number of nitrogens with zero attached hydrogens (tertiary/aromatic N) is 4. The minimum atomic E-state index is -1.17. The van der Waals surface area contributed by atoms with E-state index in [-0.39, 0.29) is 11.4 Å². The first-order valence-corrected chi connectivity index (χ1v) is 7.03. The van der Waals surface area contributed by atoms with E-state index in [4.69, 9.17) is 5.11 Å². The van der Waals surface area contributed by atoms with Crippen LogP contribution in [0.5, 0.6) is 0 Å². The summed E-state index contributed by atoms with van der Waals surface area (Å²) in [5.74, 6) is -1.66. The normalized spacial score (nSPS) is 10.4. The number of hydrogen-bond acceptors (Lipinski definition) is 5. The molecule has 0 radical (unpaired) electrons. The third kappa shape index (κ3) is 3.27. The molecule has 3 rings (SSSR count). The molecule has 8 heteroatoms. The SMILES string of the molecule is Cc1cccc(-n2ncc(C(=O)Nc3ccnc(C(=O)O)c3)n2)c1. The highest BCUT2D eigenvalue weighted by Gasteiger charge is 2.13.